The van der Waals surface area contributed by atoms with E-state index in [1.165, 1.54) is 5.56 Å². The minimum absolute atomic E-state index is 0.216. The molecule has 1 aromatic carbocycles. The van der Waals surface area contributed by atoms with Crippen LogP contribution in [0.4, 0.5) is 0 Å². The summed E-state index contributed by atoms with van der Waals surface area (Å²) in [5.41, 5.74) is 1.23. The van der Waals surface area contributed by atoms with Crippen molar-refractivity contribution in [2.45, 2.75) is 0 Å². The SMILES string of the molecule is CN(C)CCNCC(=O)N1CCN(C/C=C/c2ccccc2)CC1. The number of likely N-dealkylation sites (N-methyl/N-ethyl adjacent to an activating group) is 1. The van der Waals surface area contributed by atoms with E-state index >= 15 is 0 Å². The van der Waals surface area contributed by atoms with Crippen LogP contribution in [-0.4, -0.2) is 87.1 Å². The molecule has 0 atom stereocenters. The summed E-state index contributed by atoms with van der Waals surface area (Å²) < 4.78 is 0. The molecule has 0 bridgehead atoms. The average Bonchev–Trinajstić information content (AvgIpc) is 2.60. The first kappa shape index (κ1) is 18.6. The molecule has 0 radical (unpaired) electrons. The monoisotopic (exact) mass is 330 g/mol. The van der Waals surface area contributed by atoms with Gasteiger partial charge in [-0.3, -0.25) is 9.69 Å². The summed E-state index contributed by atoms with van der Waals surface area (Å²) in [6.45, 7) is 6.74. The van der Waals surface area contributed by atoms with Gasteiger partial charge in [-0.15, -0.1) is 0 Å². The van der Waals surface area contributed by atoms with Crippen molar-refractivity contribution in [1.29, 1.82) is 0 Å². The van der Waals surface area contributed by atoms with Gasteiger partial charge < -0.3 is 15.1 Å². The third-order valence-corrected chi connectivity index (χ3v) is 4.21. The zero-order valence-electron chi connectivity index (χ0n) is 14.9. The van der Waals surface area contributed by atoms with Gasteiger partial charge in [-0.05, 0) is 19.7 Å². The van der Waals surface area contributed by atoms with Crippen LogP contribution in [0.15, 0.2) is 36.4 Å². The van der Waals surface area contributed by atoms with Gasteiger partial charge in [0.05, 0.1) is 6.54 Å². The third kappa shape index (κ3) is 6.83. The molecule has 1 heterocycles. The number of rotatable bonds is 8. The van der Waals surface area contributed by atoms with E-state index in [1.807, 2.05) is 25.1 Å². The molecule has 0 spiro atoms. The molecular formula is C19H30N4O. The normalized spacial score (nSPS) is 16.2. The second kappa shape index (κ2) is 10.2. The summed E-state index contributed by atoms with van der Waals surface area (Å²) in [5, 5.41) is 3.22. The summed E-state index contributed by atoms with van der Waals surface area (Å²) in [6, 6.07) is 10.4. The molecule has 0 aliphatic carbocycles. The third-order valence-electron chi connectivity index (χ3n) is 4.21. The second-order valence-electron chi connectivity index (χ2n) is 6.47. The molecule has 0 aromatic heterocycles. The molecule has 1 saturated heterocycles. The van der Waals surface area contributed by atoms with Crippen molar-refractivity contribution >= 4 is 12.0 Å². The number of nitrogens with one attached hydrogen (secondary N) is 1. The Morgan fingerprint density at radius 3 is 2.54 bits per heavy atom. The zero-order chi connectivity index (χ0) is 17.2. The molecular weight excluding hydrogens is 300 g/mol. The smallest absolute Gasteiger partial charge is 0.236 e. The number of carbonyl (C=O) groups excluding carboxylic acids is 1. The van der Waals surface area contributed by atoms with Gasteiger partial charge in [0.15, 0.2) is 0 Å². The number of hydrogen-bond donors (Lipinski definition) is 1. The summed E-state index contributed by atoms with van der Waals surface area (Å²) in [5.74, 6) is 0.216. The lowest BCUT2D eigenvalue weighted by Gasteiger charge is -2.34. The first-order chi connectivity index (χ1) is 11.6. The fraction of sp³-hybridized carbons (Fsp3) is 0.526. The highest BCUT2D eigenvalue weighted by molar-refractivity contribution is 5.78. The van der Waals surface area contributed by atoms with Gasteiger partial charge in [-0.1, -0.05) is 42.5 Å². The van der Waals surface area contributed by atoms with Crippen molar-refractivity contribution in [2.24, 2.45) is 0 Å². The van der Waals surface area contributed by atoms with Crippen LogP contribution in [0.2, 0.25) is 0 Å². The van der Waals surface area contributed by atoms with E-state index < -0.39 is 0 Å². The van der Waals surface area contributed by atoms with E-state index in [0.717, 1.165) is 45.8 Å². The van der Waals surface area contributed by atoms with Crippen LogP contribution in [-0.2, 0) is 4.79 Å². The van der Waals surface area contributed by atoms with Crippen molar-refractivity contribution in [1.82, 2.24) is 20.0 Å². The highest BCUT2D eigenvalue weighted by atomic mass is 16.2. The molecule has 1 aliphatic rings. The van der Waals surface area contributed by atoms with Crippen molar-refractivity contribution in [3.05, 3.63) is 42.0 Å². The van der Waals surface area contributed by atoms with Crippen molar-refractivity contribution in [2.75, 3.05) is 66.5 Å². The van der Waals surface area contributed by atoms with Crippen molar-refractivity contribution in [3.63, 3.8) is 0 Å². The molecule has 0 saturated carbocycles. The minimum Gasteiger partial charge on any atom is -0.339 e. The van der Waals surface area contributed by atoms with Gasteiger partial charge in [0.1, 0.15) is 0 Å². The minimum atomic E-state index is 0.216. The summed E-state index contributed by atoms with van der Waals surface area (Å²) >= 11 is 0. The molecule has 0 unspecified atom stereocenters. The first-order valence-corrected chi connectivity index (χ1v) is 8.72. The van der Waals surface area contributed by atoms with Crippen LogP contribution in [0.1, 0.15) is 5.56 Å². The number of carbonyl (C=O) groups is 1. The van der Waals surface area contributed by atoms with Gasteiger partial charge in [-0.25, -0.2) is 0 Å². The Morgan fingerprint density at radius 1 is 1.17 bits per heavy atom. The maximum absolute atomic E-state index is 12.2. The van der Waals surface area contributed by atoms with Crippen LogP contribution in [0.3, 0.4) is 0 Å². The second-order valence-corrected chi connectivity index (χ2v) is 6.47. The summed E-state index contributed by atoms with van der Waals surface area (Å²) in [6.07, 6.45) is 4.36. The van der Waals surface area contributed by atoms with Crippen LogP contribution in [0.5, 0.6) is 0 Å². The Kier molecular flexibility index (Phi) is 7.95. The van der Waals surface area contributed by atoms with Gasteiger partial charge in [0.25, 0.3) is 0 Å². The summed E-state index contributed by atoms with van der Waals surface area (Å²) in [7, 11) is 4.07. The maximum atomic E-state index is 12.2. The Balaban J connectivity index is 1.62. The Bertz CT molecular complexity index is 507. The van der Waals surface area contributed by atoms with E-state index in [4.69, 9.17) is 0 Å². The molecule has 132 valence electrons. The molecule has 5 nitrogen and oxygen atoms in total. The van der Waals surface area contributed by atoms with E-state index in [-0.39, 0.29) is 5.91 Å². The number of hydrogen-bond acceptors (Lipinski definition) is 4. The van der Waals surface area contributed by atoms with Crippen molar-refractivity contribution in [3.8, 4) is 0 Å². The van der Waals surface area contributed by atoms with Gasteiger partial charge in [0.2, 0.25) is 5.91 Å². The lowest BCUT2D eigenvalue weighted by molar-refractivity contribution is -0.131. The topological polar surface area (TPSA) is 38.8 Å². The fourth-order valence-electron chi connectivity index (χ4n) is 2.69. The quantitative estimate of drug-likeness (QED) is 0.722. The van der Waals surface area contributed by atoms with Gasteiger partial charge >= 0.3 is 0 Å². The van der Waals surface area contributed by atoms with Crippen LogP contribution in [0, 0.1) is 0 Å². The van der Waals surface area contributed by atoms with Crippen LogP contribution < -0.4 is 5.32 Å². The predicted molar refractivity (Wildman–Crippen MR) is 99.9 cm³/mol. The number of amides is 1. The number of piperazine rings is 1. The highest BCUT2D eigenvalue weighted by Gasteiger charge is 2.19. The lowest BCUT2D eigenvalue weighted by atomic mass is 10.2. The van der Waals surface area contributed by atoms with Gasteiger partial charge in [0, 0.05) is 45.8 Å². The number of nitrogens with zero attached hydrogens (tertiary/aromatic N) is 3. The van der Waals surface area contributed by atoms with E-state index in [9.17, 15) is 4.79 Å². The van der Waals surface area contributed by atoms with Crippen LogP contribution in [0.25, 0.3) is 6.08 Å². The molecule has 5 heteroatoms. The molecule has 1 aromatic rings. The van der Waals surface area contributed by atoms with Crippen LogP contribution >= 0.6 is 0 Å². The lowest BCUT2D eigenvalue weighted by Crippen LogP contribution is -2.51. The summed E-state index contributed by atoms with van der Waals surface area (Å²) in [4.78, 5) is 18.6. The van der Waals surface area contributed by atoms with E-state index in [1.54, 1.807) is 0 Å². The predicted octanol–water partition coefficient (Wildman–Crippen LogP) is 0.995. The number of benzene rings is 1. The van der Waals surface area contributed by atoms with E-state index in [0.29, 0.717) is 6.54 Å². The maximum Gasteiger partial charge on any atom is 0.236 e. The Labute approximate surface area is 145 Å². The van der Waals surface area contributed by atoms with E-state index in [2.05, 4.69) is 51.5 Å². The largest absolute Gasteiger partial charge is 0.339 e. The van der Waals surface area contributed by atoms with Gasteiger partial charge in [-0.2, -0.15) is 0 Å². The Morgan fingerprint density at radius 2 is 1.88 bits per heavy atom. The molecule has 1 amide bonds. The molecule has 2 rings (SSSR count). The zero-order valence-corrected chi connectivity index (χ0v) is 14.9. The first-order valence-electron chi connectivity index (χ1n) is 8.72. The molecule has 1 aliphatic heterocycles. The van der Waals surface area contributed by atoms with Crippen molar-refractivity contribution < 1.29 is 4.79 Å². The highest BCUT2D eigenvalue weighted by Crippen LogP contribution is 2.04. The molecule has 1 fully saturated rings. The molecule has 24 heavy (non-hydrogen) atoms. The molecule has 1 N–H and O–H groups in total. The Hall–Kier alpha value is -1.69. The standard InChI is InChI=1S/C19H30N4O/c1-21(2)12-10-20-17-19(24)23-15-13-22(14-16-23)11-6-9-18-7-4-3-5-8-18/h3-9,20H,10-17H2,1-2H3/b9-6+. The average molecular weight is 330 g/mol. The fourth-order valence-corrected chi connectivity index (χ4v) is 2.69.